The molecule has 0 spiro atoms. The maximum absolute atomic E-state index is 12.4. The molecule has 0 saturated heterocycles. The van der Waals surface area contributed by atoms with Gasteiger partial charge >= 0.3 is 0 Å². The minimum Gasteiger partial charge on any atom is -0.344 e. The first-order chi connectivity index (χ1) is 10.4. The SMILES string of the molecule is CC(C)C(C)(CN)NC(=O)c1ccn(-c2cccc(Br)c2)n1. The maximum Gasteiger partial charge on any atom is 0.272 e. The van der Waals surface area contributed by atoms with E-state index in [9.17, 15) is 4.79 Å². The summed E-state index contributed by atoms with van der Waals surface area (Å²) in [5, 5.41) is 7.33. The van der Waals surface area contributed by atoms with E-state index in [0.717, 1.165) is 10.2 Å². The minimum atomic E-state index is -0.448. The second-order valence-corrected chi connectivity index (χ2v) is 6.77. The van der Waals surface area contributed by atoms with Crippen molar-refractivity contribution in [1.82, 2.24) is 15.1 Å². The van der Waals surface area contributed by atoms with E-state index in [1.165, 1.54) is 0 Å². The van der Waals surface area contributed by atoms with Crippen LogP contribution in [0.15, 0.2) is 41.0 Å². The predicted molar refractivity (Wildman–Crippen MR) is 91.0 cm³/mol. The van der Waals surface area contributed by atoms with Crippen LogP contribution in [0, 0.1) is 5.92 Å². The molecule has 2 rings (SSSR count). The molecule has 1 unspecified atom stereocenters. The summed E-state index contributed by atoms with van der Waals surface area (Å²) in [7, 11) is 0. The molecule has 5 nitrogen and oxygen atoms in total. The molecule has 3 N–H and O–H groups in total. The van der Waals surface area contributed by atoms with E-state index in [4.69, 9.17) is 5.73 Å². The smallest absolute Gasteiger partial charge is 0.272 e. The van der Waals surface area contributed by atoms with E-state index in [-0.39, 0.29) is 11.8 Å². The Morgan fingerprint density at radius 2 is 2.18 bits per heavy atom. The van der Waals surface area contributed by atoms with Crippen molar-refractivity contribution in [1.29, 1.82) is 0 Å². The van der Waals surface area contributed by atoms with Gasteiger partial charge in [-0.3, -0.25) is 4.79 Å². The van der Waals surface area contributed by atoms with Crippen LogP contribution in [-0.2, 0) is 0 Å². The predicted octanol–water partition coefficient (Wildman–Crippen LogP) is 2.74. The molecule has 118 valence electrons. The monoisotopic (exact) mass is 364 g/mol. The zero-order valence-corrected chi connectivity index (χ0v) is 14.6. The lowest BCUT2D eigenvalue weighted by Gasteiger charge is -2.33. The van der Waals surface area contributed by atoms with Crippen LogP contribution < -0.4 is 11.1 Å². The van der Waals surface area contributed by atoms with E-state index in [2.05, 4.69) is 26.3 Å². The van der Waals surface area contributed by atoms with Gasteiger partial charge in [-0.25, -0.2) is 4.68 Å². The number of nitrogens with zero attached hydrogens (tertiary/aromatic N) is 2. The second-order valence-electron chi connectivity index (χ2n) is 5.86. The van der Waals surface area contributed by atoms with Gasteiger partial charge in [-0.2, -0.15) is 5.10 Å². The van der Waals surface area contributed by atoms with Crippen LogP contribution in [0.25, 0.3) is 5.69 Å². The number of nitrogens with two attached hydrogens (primary N) is 1. The third kappa shape index (κ3) is 3.56. The summed E-state index contributed by atoms with van der Waals surface area (Å²) in [4.78, 5) is 12.4. The molecule has 1 amide bonds. The number of aromatic nitrogens is 2. The number of hydrogen-bond donors (Lipinski definition) is 2. The molecular formula is C16H21BrN4O. The van der Waals surface area contributed by atoms with Crippen molar-refractivity contribution < 1.29 is 4.79 Å². The van der Waals surface area contributed by atoms with Gasteiger partial charge in [0.2, 0.25) is 0 Å². The molecule has 2 aromatic rings. The number of nitrogens with one attached hydrogen (secondary N) is 1. The van der Waals surface area contributed by atoms with Crippen molar-refractivity contribution in [3.8, 4) is 5.69 Å². The zero-order valence-electron chi connectivity index (χ0n) is 13.0. The summed E-state index contributed by atoms with van der Waals surface area (Å²) in [6.07, 6.45) is 1.77. The highest BCUT2D eigenvalue weighted by atomic mass is 79.9. The molecule has 0 saturated carbocycles. The van der Waals surface area contributed by atoms with E-state index < -0.39 is 5.54 Å². The highest BCUT2D eigenvalue weighted by Gasteiger charge is 2.29. The lowest BCUT2D eigenvalue weighted by Crippen LogP contribution is -2.55. The molecule has 1 heterocycles. The third-order valence-electron chi connectivity index (χ3n) is 3.99. The zero-order chi connectivity index (χ0) is 16.3. The number of benzene rings is 1. The topological polar surface area (TPSA) is 72.9 Å². The van der Waals surface area contributed by atoms with Crippen LogP contribution in [0.4, 0.5) is 0 Å². The highest BCUT2D eigenvalue weighted by molar-refractivity contribution is 9.10. The number of carbonyl (C=O) groups is 1. The Kier molecular flexibility index (Phi) is 5.03. The first-order valence-corrected chi connectivity index (χ1v) is 7.99. The third-order valence-corrected chi connectivity index (χ3v) is 4.49. The van der Waals surface area contributed by atoms with Gasteiger partial charge in [0.25, 0.3) is 5.91 Å². The number of rotatable bonds is 5. The molecule has 0 aliphatic carbocycles. The van der Waals surface area contributed by atoms with Crippen LogP contribution in [0.1, 0.15) is 31.3 Å². The van der Waals surface area contributed by atoms with Gasteiger partial charge < -0.3 is 11.1 Å². The minimum absolute atomic E-state index is 0.213. The molecular weight excluding hydrogens is 344 g/mol. The van der Waals surface area contributed by atoms with Gasteiger partial charge in [-0.05, 0) is 37.1 Å². The Morgan fingerprint density at radius 3 is 2.77 bits per heavy atom. The van der Waals surface area contributed by atoms with Crippen LogP contribution in [0.3, 0.4) is 0 Å². The van der Waals surface area contributed by atoms with Gasteiger partial charge in [0, 0.05) is 17.2 Å². The summed E-state index contributed by atoms with van der Waals surface area (Å²) >= 11 is 3.43. The normalized spacial score (nSPS) is 13.9. The summed E-state index contributed by atoms with van der Waals surface area (Å²) in [5.41, 5.74) is 6.62. The molecule has 0 radical (unpaired) electrons. The lowest BCUT2D eigenvalue weighted by atomic mass is 9.88. The van der Waals surface area contributed by atoms with E-state index >= 15 is 0 Å². The molecule has 0 fully saturated rings. The molecule has 0 aliphatic heterocycles. The molecule has 22 heavy (non-hydrogen) atoms. The molecule has 1 aromatic heterocycles. The Hall–Kier alpha value is -1.66. The quantitative estimate of drug-likeness (QED) is 0.856. The number of halogens is 1. The van der Waals surface area contributed by atoms with E-state index in [1.807, 2.05) is 45.0 Å². The van der Waals surface area contributed by atoms with Gasteiger partial charge in [0.1, 0.15) is 0 Å². The average molecular weight is 365 g/mol. The van der Waals surface area contributed by atoms with Crippen LogP contribution in [0.5, 0.6) is 0 Å². The standard InChI is InChI=1S/C16H21BrN4O/c1-11(2)16(3,10-18)19-15(22)14-7-8-21(20-14)13-6-4-5-12(17)9-13/h4-9,11H,10,18H2,1-3H3,(H,19,22). The molecule has 0 aliphatic rings. The average Bonchev–Trinajstić information content (AvgIpc) is 2.97. The highest BCUT2D eigenvalue weighted by Crippen LogP contribution is 2.17. The van der Waals surface area contributed by atoms with Crippen LogP contribution in [0.2, 0.25) is 0 Å². The van der Waals surface area contributed by atoms with E-state index in [0.29, 0.717) is 12.2 Å². The molecule has 1 aromatic carbocycles. The summed E-state index contributed by atoms with van der Waals surface area (Å²) < 4.78 is 2.64. The lowest BCUT2D eigenvalue weighted by molar-refractivity contribution is 0.0877. The van der Waals surface area contributed by atoms with Crippen LogP contribution >= 0.6 is 15.9 Å². The first kappa shape index (κ1) is 16.7. The second kappa shape index (κ2) is 6.62. The van der Waals surface area contributed by atoms with Crippen molar-refractivity contribution in [3.05, 3.63) is 46.7 Å². The fraction of sp³-hybridized carbons (Fsp3) is 0.375. The van der Waals surface area contributed by atoms with Gasteiger partial charge in [-0.15, -0.1) is 0 Å². The fourth-order valence-corrected chi connectivity index (χ4v) is 2.35. The van der Waals surface area contributed by atoms with Crippen molar-refractivity contribution in [2.24, 2.45) is 11.7 Å². The summed E-state index contributed by atoms with van der Waals surface area (Å²) in [6.45, 7) is 6.39. The summed E-state index contributed by atoms with van der Waals surface area (Å²) in [6, 6.07) is 9.43. The first-order valence-electron chi connectivity index (χ1n) is 7.20. The van der Waals surface area contributed by atoms with Gasteiger partial charge in [0.05, 0.1) is 11.2 Å². The Labute approximate surface area is 139 Å². The molecule has 1 atom stereocenters. The molecule has 6 heteroatoms. The Balaban J connectivity index is 2.19. The van der Waals surface area contributed by atoms with Crippen molar-refractivity contribution in [2.75, 3.05) is 6.54 Å². The Morgan fingerprint density at radius 1 is 1.45 bits per heavy atom. The number of hydrogen-bond acceptors (Lipinski definition) is 3. The largest absolute Gasteiger partial charge is 0.344 e. The Bertz CT molecular complexity index is 668. The number of carbonyl (C=O) groups excluding carboxylic acids is 1. The maximum atomic E-state index is 12.4. The van der Waals surface area contributed by atoms with Crippen molar-refractivity contribution in [3.63, 3.8) is 0 Å². The number of amides is 1. The van der Waals surface area contributed by atoms with Crippen molar-refractivity contribution >= 4 is 21.8 Å². The van der Waals surface area contributed by atoms with Crippen molar-refractivity contribution in [2.45, 2.75) is 26.3 Å². The summed E-state index contributed by atoms with van der Waals surface area (Å²) in [5.74, 6) is 0.0176. The molecule has 0 bridgehead atoms. The fourth-order valence-electron chi connectivity index (χ4n) is 1.96. The van der Waals surface area contributed by atoms with Crippen LogP contribution in [-0.4, -0.2) is 27.8 Å². The van der Waals surface area contributed by atoms with E-state index in [1.54, 1.807) is 16.9 Å². The van der Waals surface area contributed by atoms with Gasteiger partial charge in [-0.1, -0.05) is 35.8 Å². The van der Waals surface area contributed by atoms with Gasteiger partial charge in [0.15, 0.2) is 5.69 Å².